The average Bonchev–Trinajstić information content (AvgIpc) is 2.44. The molecular formula is C15H10F2INO2. The van der Waals surface area contributed by atoms with Crippen molar-refractivity contribution in [2.75, 3.05) is 11.5 Å². The first kappa shape index (κ1) is 14.2. The normalized spacial score (nSPS) is 13.9. The maximum atomic E-state index is 13.8. The molecule has 1 heterocycles. The van der Waals surface area contributed by atoms with E-state index in [4.69, 9.17) is 4.74 Å². The van der Waals surface area contributed by atoms with Gasteiger partial charge in [-0.1, -0.05) is 6.07 Å². The average molecular weight is 401 g/mol. The highest BCUT2D eigenvalue weighted by Gasteiger charge is 2.26. The summed E-state index contributed by atoms with van der Waals surface area (Å²) in [4.78, 5) is 13.5. The molecular weight excluding hydrogens is 391 g/mol. The third-order valence-corrected chi connectivity index (χ3v) is 3.88. The molecule has 0 N–H and O–H groups in total. The number of ether oxygens (including phenoxy) is 1. The van der Waals surface area contributed by atoms with Gasteiger partial charge in [-0.3, -0.25) is 4.79 Å². The van der Waals surface area contributed by atoms with Crippen LogP contribution in [0.25, 0.3) is 0 Å². The molecule has 0 radical (unpaired) electrons. The standard InChI is InChI=1S/C15H10F2INO2/c16-10-2-1-9(12(17)5-10)7-19-13-6-11(18)3-4-14(13)21-8-15(19)20/h1-6H,7-8H2. The number of hydrogen-bond donors (Lipinski definition) is 0. The second-order valence-electron chi connectivity index (χ2n) is 4.62. The summed E-state index contributed by atoms with van der Waals surface area (Å²) >= 11 is 2.13. The summed E-state index contributed by atoms with van der Waals surface area (Å²) in [5.41, 5.74) is 0.860. The highest BCUT2D eigenvalue weighted by atomic mass is 127. The highest BCUT2D eigenvalue weighted by Crippen LogP contribution is 2.34. The highest BCUT2D eigenvalue weighted by molar-refractivity contribution is 14.1. The van der Waals surface area contributed by atoms with Crippen LogP contribution in [0.1, 0.15) is 5.56 Å². The van der Waals surface area contributed by atoms with Crippen molar-refractivity contribution in [3.8, 4) is 5.75 Å². The zero-order valence-electron chi connectivity index (χ0n) is 10.8. The van der Waals surface area contributed by atoms with Crippen LogP contribution < -0.4 is 9.64 Å². The minimum absolute atomic E-state index is 0.0431. The molecule has 6 heteroatoms. The molecule has 0 aromatic heterocycles. The monoisotopic (exact) mass is 401 g/mol. The van der Waals surface area contributed by atoms with E-state index in [0.29, 0.717) is 11.4 Å². The first-order valence-electron chi connectivity index (χ1n) is 6.21. The van der Waals surface area contributed by atoms with E-state index < -0.39 is 11.6 Å². The maximum absolute atomic E-state index is 13.8. The largest absolute Gasteiger partial charge is 0.482 e. The fraction of sp³-hybridized carbons (Fsp3) is 0.133. The van der Waals surface area contributed by atoms with Crippen molar-refractivity contribution in [1.82, 2.24) is 0 Å². The van der Waals surface area contributed by atoms with Crippen molar-refractivity contribution < 1.29 is 18.3 Å². The summed E-state index contributed by atoms with van der Waals surface area (Å²) in [7, 11) is 0. The van der Waals surface area contributed by atoms with Crippen molar-refractivity contribution in [2.45, 2.75) is 6.54 Å². The van der Waals surface area contributed by atoms with Crippen molar-refractivity contribution in [1.29, 1.82) is 0 Å². The number of fused-ring (bicyclic) bond motifs is 1. The molecule has 2 aromatic carbocycles. The van der Waals surface area contributed by atoms with Gasteiger partial charge in [0.05, 0.1) is 12.2 Å². The van der Waals surface area contributed by atoms with Gasteiger partial charge in [-0.25, -0.2) is 8.78 Å². The molecule has 1 aliphatic rings. The summed E-state index contributed by atoms with van der Waals surface area (Å²) in [6.07, 6.45) is 0. The quantitative estimate of drug-likeness (QED) is 0.722. The van der Waals surface area contributed by atoms with Gasteiger partial charge >= 0.3 is 0 Å². The number of amides is 1. The van der Waals surface area contributed by atoms with Crippen LogP contribution >= 0.6 is 22.6 Å². The van der Waals surface area contributed by atoms with E-state index in [1.807, 2.05) is 6.07 Å². The van der Waals surface area contributed by atoms with Gasteiger partial charge < -0.3 is 9.64 Å². The lowest BCUT2D eigenvalue weighted by Gasteiger charge is -2.29. The molecule has 0 atom stereocenters. The summed E-state index contributed by atoms with van der Waals surface area (Å²) in [6, 6.07) is 8.79. The van der Waals surface area contributed by atoms with E-state index in [2.05, 4.69) is 22.6 Å². The Kier molecular flexibility index (Phi) is 3.79. The number of rotatable bonds is 2. The van der Waals surface area contributed by atoms with Gasteiger partial charge in [0.1, 0.15) is 17.4 Å². The third-order valence-electron chi connectivity index (χ3n) is 3.21. The van der Waals surface area contributed by atoms with E-state index in [-0.39, 0.29) is 24.6 Å². The van der Waals surface area contributed by atoms with Crippen LogP contribution in [0.2, 0.25) is 0 Å². The molecule has 0 aliphatic carbocycles. The Balaban J connectivity index is 1.98. The summed E-state index contributed by atoms with van der Waals surface area (Å²) in [5, 5.41) is 0. The van der Waals surface area contributed by atoms with E-state index >= 15 is 0 Å². The smallest absolute Gasteiger partial charge is 0.265 e. The number of hydrogen-bond acceptors (Lipinski definition) is 2. The summed E-state index contributed by atoms with van der Waals surface area (Å²) in [5.74, 6) is -0.980. The maximum Gasteiger partial charge on any atom is 0.265 e. The molecule has 0 saturated heterocycles. The number of carbonyl (C=O) groups is 1. The van der Waals surface area contributed by atoms with Crippen LogP contribution in [0, 0.1) is 15.2 Å². The van der Waals surface area contributed by atoms with Crippen molar-refractivity contribution in [3.63, 3.8) is 0 Å². The molecule has 0 saturated carbocycles. The molecule has 21 heavy (non-hydrogen) atoms. The second-order valence-corrected chi connectivity index (χ2v) is 5.86. The van der Waals surface area contributed by atoms with Crippen LogP contribution in [0.3, 0.4) is 0 Å². The molecule has 0 unspecified atom stereocenters. The zero-order valence-corrected chi connectivity index (χ0v) is 12.9. The first-order valence-corrected chi connectivity index (χ1v) is 7.29. The lowest BCUT2D eigenvalue weighted by molar-refractivity contribution is -0.121. The van der Waals surface area contributed by atoms with E-state index in [1.54, 1.807) is 12.1 Å². The number of nitrogens with zero attached hydrogens (tertiary/aromatic N) is 1. The number of benzene rings is 2. The molecule has 2 aromatic rings. The Bertz CT molecular complexity index is 721. The molecule has 0 fully saturated rings. The van der Waals surface area contributed by atoms with Gasteiger partial charge in [-0.15, -0.1) is 0 Å². The first-order chi connectivity index (χ1) is 10.0. The molecule has 108 valence electrons. The molecule has 0 bridgehead atoms. The Morgan fingerprint density at radius 1 is 1.19 bits per heavy atom. The van der Waals surface area contributed by atoms with E-state index in [9.17, 15) is 13.6 Å². The van der Waals surface area contributed by atoms with E-state index in [1.165, 1.54) is 17.0 Å². The summed E-state index contributed by atoms with van der Waals surface area (Å²) < 4.78 is 33.0. The Labute approximate surface area is 133 Å². The Morgan fingerprint density at radius 3 is 2.76 bits per heavy atom. The predicted octanol–water partition coefficient (Wildman–Crippen LogP) is 3.50. The van der Waals surface area contributed by atoms with Crippen LogP contribution in [0.4, 0.5) is 14.5 Å². The third kappa shape index (κ3) is 2.85. The minimum Gasteiger partial charge on any atom is -0.482 e. The molecule has 1 aliphatic heterocycles. The van der Waals surface area contributed by atoms with Crippen molar-refractivity contribution in [3.05, 3.63) is 57.2 Å². The number of carbonyl (C=O) groups excluding carboxylic acids is 1. The second kappa shape index (κ2) is 5.59. The zero-order chi connectivity index (χ0) is 15.0. The SMILES string of the molecule is O=C1COc2ccc(I)cc2N1Cc1ccc(F)cc1F. The number of anilines is 1. The minimum atomic E-state index is -0.665. The van der Waals surface area contributed by atoms with Gasteiger partial charge in [0.2, 0.25) is 0 Å². The van der Waals surface area contributed by atoms with Crippen LogP contribution in [0.15, 0.2) is 36.4 Å². The van der Waals surface area contributed by atoms with Crippen LogP contribution in [-0.2, 0) is 11.3 Å². The van der Waals surface area contributed by atoms with Gasteiger partial charge in [0.25, 0.3) is 5.91 Å². The van der Waals surface area contributed by atoms with Gasteiger partial charge in [-0.2, -0.15) is 0 Å². The molecule has 0 spiro atoms. The fourth-order valence-electron chi connectivity index (χ4n) is 2.17. The molecule has 1 amide bonds. The lowest BCUT2D eigenvalue weighted by atomic mass is 10.1. The van der Waals surface area contributed by atoms with Crippen molar-refractivity contribution in [2.24, 2.45) is 0 Å². The summed E-state index contributed by atoms with van der Waals surface area (Å²) in [6.45, 7) is -0.0438. The van der Waals surface area contributed by atoms with Gasteiger partial charge in [0.15, 0.2) is 6.61 Å². The fourth-order valence-corrected chi connectivity index (χ4v) is 2.64. The number of halogens is 3. The van der Waals surface area contributed by atoms with Crippen LogP contribution in [0.5, 0.6) is 5.75 Å². The molecule has 3 rings (SSSR count). The van der Waals surface area contributed by atoms with Gasteiger partial charge in [0, 0.05) is 15.2 Å². The predicted molar refractivity (Wildman–Crippen MR) is 82.2 cm³/mol. The van der Waals surface area contributed by atoms with Gasteiger partial charge in [-0.05, 0) is 46.9 Å². The lowest BCUT2D eigenvalue weighted by Crippen LogP contribution is -2.38. The Morgan fingerprint density at radius 2 is 2.00 bits per heavy atom. The van der Waals surface area contributed by atoms with Crippen LogP contribution in [-0.4, -0.2) is 12.5 Å². The topological polar surface area (TPSA) is 29.5 Å². The molecule has 3 nitrogen and oxygen atoms in total. The van der Waals surface area contributed by atoms with Crippen molar-refractivity contribution >= 4 is 34.2 Å². The van der Waals surface area contributed by atoms with E-state index in [0.717, 1.165) is 9.64 Å². The Hall–Kier alpha value is -1.70.